The van der Waals surface area contributed by atoms with Crippen molar-refractivity contribution in [1.29, 1.82) is 5.41 Å². The van der Waals surface area contributed by atoms with Gasteiger partial charge in [0.1, 0.15) is 12.4 Å². The van der Waals surface area contributed by atoms with Crippen molar-refractivity contribution in [2.24, 2.45) is 5.73 Å². The highest BCUT2D eigenvalue weighted by molar-refractivity contribution is 5.98. The van der Waals surface area contributed by atoms with Gasteiger partial charge in [-0.05, 0) is 42.7 Å². The predicted molar refractivity (Wildman–Crippen MR) is 116 cm³/mol. The molecule has 150 valence electrons. The first-order valence-corrected chi connectivity index (χ1v) is 10.1. The Morgan fingerprint density at radius 2 is 1.86 bits per heavy atom. The van der Waals surface area contributed by atoms with E-state index < -0.39 is 0 Å². The van der Waals surface area contributed by atoms with Crippen molar-refractivity contribution in [3.63, 3.8) is 0 Å². The van der Waals surface area contributed by atoms with Gasteiger partial charge in [0.25, 0.3) is 0 Å². The van der Waals surface area contributed by atoms with Gasteiger partial charge in [-0.3, -0.25) is 15.1 Å². The Hall–Kier alpha value is -3.12. The van der Waals surface area contributed by atoms with Crippen LogP contribution in [-0.4, -0.2) is 40.3 Å². The smallest absolute Gasteiger partial charge is 0.240 e. The molecule has 0 aliphatic carbocycles. The molecule has 29 heavy (non-hydrogen) atoms. The van der Waals surface area contributed by atoms with Crippen LogP contribution in [0.5, 0.6) is 0 Å². The first-order valence-electron chi connectivity index (χ1n) is 10.1. The summed E-state index contributed by atoms with van der Waals surface area (Å²) < 4.78 is 1.94. The fourth-order valence-corrected chi connectivity index (χ4v) is 4.01. The summed E-state index contributed by atoms with van der Waals surface area (Å²) in [5.74, 6) is 0.0932. The second kappa shape index (κ2) is 8.49. The maximum atomic E-state index is 12.6. The normalized spacial score (nSPS) is 15.4. The minimum atomic E-state index is 0.0413. The molecular formula is C23H27N5O. The van der Waals surface area contributed by atoms with Crippen LogP contribution < -0.4 is 11.1 Å². The molecular weight excluding hydrogens is 362 g/mol. The number of nitrogen functional groups attached to an aromatic ring is 1. The number of amides is 1. The second-order valence-electron chi connectivity index (χ2n) is 7.73. The molecule has 0 saturated carbocycles. The molecule has 4 N–H and O–H groups in total. The van der Waals surface area contributed by atoms with Gasteiger partial charge in [0.2, 0.25) is 5.91 Å². The number of nitrogens with zero attached hydrogens (tertiary/aromatic N) is 2. The molecule has 0 spiro atoms. The van der Waals surface area contributed by atoms with Crippen molar-refractivity contribution in [2.75, 3.05) is 13.1 Å². The maximum Gasteiger partial charge on any atom is 0.240 e. The fourth-order valence-electron chi connectivity index (χ4n) is 4.01. The number of nitrogens with two attached hydrogens (primary N) is 1. The molecule has 0 atom stereocenters. The van der Waals surface area contributed by atoms with Crippen molar-refractivity contribution in [3.05, 3.63) is 71.9 Å². The molecule has 1 fully saturated rings. The van der Waals surface area contributed by atoms with Crippen molar-refractivity contribution < 1.29 is 4.79 Å². The van der Waals surface area contributed by atoms with E-state index in [0.29, 0.717) is 12.1 Å². The zero-order chi connectivity index (χ0) is 20.2. The summed E-state index contributed by atoms with van der Waals surface area (Å²) in [6.45, 7) is 3.27. The van der Waals surface area contributed by atoms with Gasteiger partial charge in [-0.1, -0.05) is 30.3 Å². The lowest BCUT2D eigenvalue weighted by Gasteiger charge is -2.32. The molecule has 1 aliphatic rings. The van der Waals surface area contributed by atoms with E-state index in [9.17, 15) is 4.79 Å². The summed E-state index contributed by atoms with van der Waals surface area (Å²) >= 11 is 0. The molecule has 2 heterocycles. The highest BCUT2D eigenvalue weighted by Gasteiger charge is 2.21. The molecule has 2 aromatic carbocycles. The summed E-state index contributed by atoms with van der Waals surface area (Å²) in [5.41, 5.74) is 8.56. The molecule has 1 aromatic heterocycles. The van der Waals surface area contributed by atoms with Gasteiger partial charge in [0.05, 0.1) is 0 Å². The summed E-state index contributed by atoms with van der Waals surface area (Å²) in [5, 5.41) is 11.7. The van der Waals surface area contributed by atoms with Crippen LogP contribution in [0.4, 0.5) is 0 Å². The van der Waals surface area contributed by atoms with Gasteiger partial charge in [0, 0.05) is 48.3 Å². The van der Waals surface area contributed by atoms with E-state index in [4.69, 9.17) is 11.1 Å². The fraction of sp³-hybridized carbons (Fsp3) is 0.304. The third-order valence-corrected chi connectivity index (χ3v) is 5.60. The molecule has 4 rings (SSSR count). The lowest BCUT2D eigenvalue weighted by Crippen LogP contribution is -2.45. The maximum absolute atomic E-state index is 12.6. The van der Waals surface area contributed by atoms with Gasteiger partial charge in [-0.15, -0.1) is 0 Å². The standard InChI is InChI=1S/C23H27N5O/c24-23(25)19-6-7-21-18(14-19)8-13-28(21)16-22(29)26-20-9-11-27(12-10-20)15-17-4-2-1-3-5-17/h1-8,13-14,20H,9-12,15-16H2,(H3,24,25)(H,26,29). The molecule has 3 aromatic rings. The van der Waals surface area contributed by atoms with E-state index in [2.05, 4.69) is 34.5 Å². The zero-order valence-electron chi connectivity index (χ0n) is 16.5. The minimum absolute atomic E-state index is 0.0413. The molecule has 1 saturated heterocycles. The number of carbonyl (C=O) groups is 1. The number of likely N-dealkylation sites (tertiary alicyclic amines) is 1. The van der Waals surface area contributed by atoms with Gasteiger partial charge >= 0.3 is 0 Å². The van der Waals surface area contributed by atoms with Crippen LogP contribution in [0.1, 0.15) is 24.0 Å². The molecule has 0 unspecified atom stereocenters. The third-order valence-electron chi connectivity index (χ3n) is 5.60. The number of rotatable bonds is 6. The minimum Gasteiger partial charge on any atom is -0.384 e. The Morgan fingerprint density at radius 3 is 2.59 bits per heavy atom. The number of benzene rings is 2. The SMILES string of the molecule is N=C(N)c1ccc2c(ccn2CC(=O)NC2CCN(Cc3ccccc3)CC2)c1. The molecule has 6 nitrogen and oxygen atoms in total. The number of nitrogens with one attached hydrogen (secondary N) is 2. The van der Waals surface area contributed by atoms with E-state index >= 15 is 0 Å². The van der Waals surface area contributed by atoms with Crippen LogP contribution in [0.3, 0.4) is 0 Å². The van der Waals surface area contributed by atoms with Crippen molar-refractivity contribution in [1.82, 2.24) is 14.8 Å². The second-order valence-corrected chi connectivity index (χ2v) is 7.73. The van der Waals surface area contributed by atoms with Gasteiger partial charge in [-0.2, -0.15) is 0 Å². The Labute approximate surface area is 170 Å². The zero-order valence-corrected chi connectivity index (χ0v) is 16.5. The van der Waals surface area contributed by atoms with Crippen molar-refractivity contribution >= 4 is 22.6 Å². The number of piperidine rings is 1. The van der Waals surface area contributed by atoms with Crippen LogP contribution in [-0.2, 0) is 17.9 Å². The van der Waals surface area contributed by atoms with Gasteiger partial charge < -0.3 is 15.6 Å². The van der Waals surface area contributed by atoms with Gasteiger partial charge in [-0.25, -0.2) is 0 Å². The van der Waals surface area contributed by atoms with Crippen molar-refractivity contribution in [2.45, 2.75) is 32.0 Å². The molecule has 6 heteroatoms. The van der Waals surface area contributed by atoms with Crippen LogP contribution in [0, 0.1) is 5.41 Å². The summed E-state index contributed by atoms with van der Waals surface area (Å²) in [6, 6.07) is 18.3. The van der Waals surface area contributed by atoms with Gasteiger partial charge in [0.15, 0.2) is 0 Å². The average molecular weight is 390 g/mol. The van der Waals surface area contributed by atoms with E-state index in [1.54, 1.807) is 0 Å². The monoisotopic (exact) mass is 389 g/mol. The number of carbonyl (C=O) groups excluding carboxylic acids is 1. The Balaban J connectivity index is 1.29. The number of amidine groups is 1. The quantitative estimate of drug-likeness (QED) is 0.447. The molecule has 0 radical (unpaired) electrons. The van der Waals surface area contributed by atoms with Crippen LogP contribution in [0.25, 0.3) is 10.9 Å². The van der Waals surface area contributed by atoms with Crippen molar-refractivity contribution in [3.8, 4) is 0 Å². The van der Waals surface area contributed by atoms with E-state index in [0.717, 1.165) is 43.4 Å². The van der Waals surface area contributed by atoms with Crippen LogP contribution >= 0.6 is 0 Å². The van der Waals surface area contributed by atoms with Crippen LogP contribution in [0.2, 0.25) is 0 Å². The van der Waals surface area contributed by atoms with E-state index in [1.165, 1.54) is 5.56 Å². The highest BCUT2D eigenvalue weighted by Crippen LogP contribution is 2.18. The highest BCUT2D eigenvalue weighted by atomic mass is 16.2. The first kappa shape index (κ1) is 19.2. The number of aromatic nitrogens is 1. The molecule has 0 bridgehead atoms. The average Bonchev–Trinajstić information content (AvgIpc) is 3.12. The van der Waals surface area contributed by atoms with Crippen LogP contribution in [0.15, 0.2) is 60.8 Å². The predicted octanol–water partition coefficient (Wildman–Crippen LogP) is 2.71. The van der Waals surface area contributed by atoms with E-state index in [1.807, 2.05) is 41.1 Å². The lowest BCUT2D eigenvalue weighted by molar-refractivity contribution is -0.122. The summed E-state index contributed by atoms with van der Waals surface area (Å²) in [4.78, 5) is 15.0. The number of fused-ring (bicyclic) bond motifs is 1. The largest absolute Gasteiger partial charge is 0.384 e. The first-order chi connectivity index (χ1) is 14.1. The Bertz CT molecular complexity index is 1000. The topological polar surface area (TPSA) is 87.1 Å². The number of hydrogen-bond acceptors (Lipinski definition) is 3. The summed E-state index contributed by atoms with van der Waals surface area (Å²) in [6.07, 6.45) is 3.87. The molecule has 1 amide bonds. The summed E-state index contributed by atoms with van der Waals surface area (Å²) in [7, 11) is 0. The lowest BCUT2D eigenvalue weighted by atomic mass is 10.0. The number of hydrogen-bond donors (Lipinski definition) is 3. The molecule has 1 aliphatic heterocycles. The Morgan fingerprint density at radius 1 is 1.10 bits per heavy atom. The third kappa shape index (κ3) is 4.66. The Kier molecular flexibility index (Phi) is 5.62. The van der Waals surface area contributed by atoms with E-state index in [-0.39, 0.29) is 17.8 Å².